The van der Waals surface area contributed by atoms with E-state index in [2.05, 4.69) is 22.3 Å². The van der Waals surface area contributed by atoms with E-state index in [4.69, 9.17) is 5.11 Å². The fourth-order valence-corrected chi connectivity index (χ4v) is 2.10. The molecule has 2 heterocycles. The molecule has 2 aromatic rings. The summed E-state index contributed by atoms with van der Waals surface area (Å²) in [4.78, 5) is 15.2. The van der Waals surface area contributed by atoms with Gasteiger partial charge in [0.1, 0.15) is 5.82 Å². The topological polar surface area (TPSA) is 80.0 Å². The minimum absolute atomic E-state index is 0.228. The van der Waals surface area contributed by atoms with Crippen LogP contribution in [-0.2, 0) is 20.0 Å². The molecule has 0 spiro atoms. The molecule has 0 fully saturated rings. The maximum Gasteiger partial charge on any atom is 0.337 e. The van der Waals surface area contributed by atoms with Gasteiger partial charge in [-0.2, -0.15) is 5.10 Å². The van der Waals surface area contributed by atoms with E-state index in [0.29, 0.717) is 18.1 Å². The van der Waals surface area contributed by atoms with Crippen LogP contribution < -0.4 is 5.32 Å². The molecule has 0 aromatic carbocycles. The second-order valence-electron chi connectivity index (χ2n) is 4.62. The van der Waals surface area contributed by atoms with Gasteiger partial charge in [-0.3, -0.25) is 4.68 Å². The number of pyridine rings is 1. The summed E-state index contributed by atoms with van der Waals surface area (Å²) in [6.45, 7) is 4.38. The molecule has 6 heteroatoms. The Morgan fingerprint density at radius 2 is 2.20 bits per heavy atom. The molecule has 0 aliphatic rings. The highest BCUT2D eigenvalue weighted by Crippen LogP contribution is 2.13. The fourth-order valence-electron chi connectivity index (χ4n) is 2.10. The van der Waals surface area contributed by atoms with Gasteiger partial charge < -0.3 is 10.4 Å². The third kappa shape index (κ3) is 2.96. The summed E-state index contributed by atoms with van der Waals surface area (Å²) >= 11 is 0. The molecular formula is C14H18N4O2. The number of aromatic nitrogens is 3. The number of hydrogen-bond donors (Lipinski definition) is 2. The van der Waals surface area contributed by atoms with Crippen LogP contribution in [0.25, 0.3) is 0 Å². The number of carboxylic acids is 1. The Labute approximate surface area is 117 Å². The number of carboxylic acid groups (broad SMARTS) is 1. The predicted molar refractivity (Wildman–Crippen MR) is 75.8 cm³/mol. The summed E-state index contributed by atoms with van der Waals surface area (Å²) in [6, 6.07) is 3.25. The second kappa shape index (κ2) is 5.73. The Kier molecular flexibility index (Phi) is 4.02. The van der Waals surface area contributed by atoms with Gasteiger partial charge in [-0.25, -0.2) is 9.78 Å². The van der Waals surface area contributed by atoms with Gasteiger partial charge in [0.2, 0.25) is 0 Å². The van der Waals surface area contributed by atoms with Gasteiger partial charge >= 0.3 is 5.97 Å². The van der Waals surface area contributed by atoms with E-state index in [0.717, 1.165) is 17.7 Å². The smallest absolute Gasteiger partial charge is 0.337 e. The molecule has 0 atom stereocenters. The van der Waals surface area contributed by atoms with E-state index in [1.54, 1.807) is 23.7 Å². The minimum atomic E-state index is -0.956. The Balaban J connectivity index is 2.11. The predicted octanol–water partition coefficient (Wildman–Crippen LogP) is 2.00. The van der Waals surface area contributed by atoms with E-state index in [1.807, 2.05) is 13.2 Å². The third-order valence-corrected chi connectivity index (χ3v) is 3.10. The van der Waals surface area contributed by atoms with E-state index < -0.39 is 5.97 Å². The molecule has 0 amide bonds. The molecule has 0 aliphatic heterocycles. The lowest BCUT2D eigenvalue weighted by Crippen LogP contribution is -2.06. The number of carbonyl (C=O) groups is 1. The molecule has 2 aromatic heterocycles. The van der Waals surface area contributed by atoms with Crippen molar-refractivity contribution in [2.75, 3.05) is 5.32 Å². The molecule has 0 saturated carbocycles. The van der Waals surface area contributed by atoms with Crippen molar-refractivity contribution in [3.63, 3.8) is 0 Å². The Bertz CT molecular complexity index is 634. The maximum atomic E-state index is 10.9. The van der Waals surface area contributed by atoms with Crippen molar-refractivity contribution in [3.8, 4) is 0 Å². The maximum absolute atomic E-state index is 10.9. The number of aryl methyl sites for hydroxylation is 3. The third-order valence-electron chi connectivity index (χ3n) is 3.10. The van der Waals surface area contributed by atoms with Crippen molar-refractivity contribution in [2.45, 2.75) is 26.8 Å². The van der Waals surface area contributed by atoms with Gasteiger partial charge in [0, 0.05) is 25.4 Å². The lowest BCUT2D eigenvalue weighted by Gasteiger charge is -2.07. The van der Waals surface area contributed by atoms with E-state index in [-0.39, 0.29) is 5.56 Å². The SMILES string of the molecule is CCc1nn(C)cc1CNc1ccc(C(=O)O)c(C)n1. The summed E-state index contributed by atoms with van der Waals surface area (Å²) in [5.74, 6) is -0.291. The highest BCUT2D eigenvalue weighted by atomic mass is 16.4. The fraction of sp³-hybridized carbons (Fsp3) is 0.357. The molecule has 6 nitrogen and oxygen atoms in total. The largest absolute Gasteiger partial charge is 0.478 e. The van der Waals surface area contributed by atoms with Crippen molar-refractivity contribution in [1.82, 2.24) is 14.8 Å². The van der Waals surface area contributed by atoms with Gasteiger partial charge in [-0.1, -0.05) is 6.92 Å². The second-order valence-corrected chi connectivity index (χ2v) is 4.62. The van der Waals surface area contributed by atoms with Crippen molar-refractivity contribution in [2.24, 2.45) is 7.05 Å². The zero-order chi connectivity index (χ0) is 14.7. The highest BCUT2D eigenvalue weighted by Gasteiger charge is 2.09. The molecule has 0 saturated heterocycles. The Morgan fingerprint density at radius 3 is 2.80 bits per heavy atom. The highest BCUT2D eigenvalue weighted by molar-refractivity contribution is 5.89. The van der Waals surface area contributed by atoms with Gasteiger partial charge in [-0.15, -0.1) is 0 Å². The van der Waals surface area contributed by atoms with E-state index in [1.165, 1.54) is 0 Å². The van der Waals surface area contributed by atoms with Gasteiger partial charge in [0.25, 0.3) is 0 Å². The first-order valence-corrected chi connectivity index (χ1v) is 6.47. The van der Waals surface area contributed by atoms with Crippen molar-refractivity contribution in [3.05, 3.63) is 40.8 Å². The Hall–Kier alpha value is -2.37. The molecule has 0 bridgehead atoms. The molecule has 2 N–H and O–H groups in total. The molecule has 0 unspecified atom stereocenters. The van der Waals surface area contributed by atoms with Crippen LogP contribution in [0, 0.1) is 6.92 Å². The minimum Gasteiger partial charge on any atom is -0.478 e. The van der Waals surface area contributed by atoms with E-state index in [9.17, 15) is 4.79 Å². The van der Waals surface area contributed by atoms with E-state index >= 15 is 0 Å². The van der Waals surface area contributed by atoms with Gasteiger partial charge in [0.05, 0.1) is 17.0 Å². The first-order valence-electron chi connectivity index (χ1n) is 6.47. The summed E-state index contributed by atoms with van der Waals surface area (Å²) in [6.07, 6.45) is 2.85. The molecule has 2 rings (SSSR count). The van der Waals surface area contributed by atoms with Gasteiger partial charge in [-0.05, 0) is 25.5 Å². The standard InChI is InChI=1S/C14H18N4O2/c1-4-12-10(8-18(3)17-12)7-15-13-6-5-11(14(19)20)9(2)16-13/h5-6,8H,4,7H2,1-3H3,(H,15,16)(H,19,20). The number of nitrogens with zero attached hydrogens (tertiary/aromatic N) is 3. The lowest BCUT2D eigenvalue weighted by atomic mass is 10.2. The quantitative estimate of drug-likeness (QED) is 0.871. The molecule has 106 valence electrons. The van der Waals surface area contributed by atoms with Gasteiger partial charge in [0.15, 0.2) is 0 Å². The monoisotopic (exact) mass is 274 g/mol. The summed E-state index contributed by atoms with van der Waals surface area (Å²) in [5, 5.41) is 16.5. The normalized spacial score (nSPS) is 10.6. The molecule has 0 aliphatic carbocycles. The number of hydrogen-bond acceptors (Lipinski definition) is 4. The first-order chi connectivity index (χ1) is 9.51. The van der Waals surface area contributed by atoms with Crippen LogP contribution in [0.2, 0.25) is 0 Å². The van der Waals surface area contributed by atoms with Crippen LogP contribution >= 0.6 is 0 Å². The average Bonchev–Trinajstić information content (AvgIpc) is 2.76. The van der Waals surface area contributed by atoms with Crippen molar-refractivity contribution >= 4 is 11.8 Å². The average molecular weight is 274 g/mol. The van der Waals surface area contributed by atoms with Crippen LogP contribution in [0.15, 0.2) is 18.3 Å². The van der Waals surface area contributed by atoms with Crippen molar-refractivity contribution < 1.29 is 9.90 Å². The molecule has 0 radical (unpaired) electrons. The van der Waals surface area contributed by atoms with Crippen LogP contribution in [0.1, 0.15) is 34.2 Å². The van der Waals surface area contributed by atoms with Crippen molar-refractivity contribution in [1.29, 1.82) is 0 Å². The molecular weight excluding hydrogens is 256 g/mol. The zero-order valence-electron chi connectivity index (χ0n) is 11.8. The lowest BCUT2D eigenvalue weighted by molar-refractivity contribution is 0.0695. The summed E-state index contributed by atoms with van der Waals surface area (Å²) in [7, 11) is 1.90. The number of nitrogens with one attached hydrogen (secondary N) is 1. The van der Waals surface area contributed by atoms with Crippen LogP contribution in [0.5, 0.6) is 0 Å². The van der Waals surface area contributed by atoms with Crippen LogP contribution in [0.3, 0.4) is 0 Å². The number of anilines is 1. The summed E-state index contributed by atoms with van der Waals surface area (Å²) in [5.41, 5.74) is 2.91. The number of aromatic carboxylic acids is 1. The van der Waals surface area contributed by atoms with Crippen LogP contribution in [-0.4, -0.2) is 25.8 Å². The molecule has 20 heavy (non-hydrogen) atoms. The summed E-state index contributed by atoms with van der Waals surface area (Å²) < 4.78 is 1.79. The van der Waals surface area contributed by atoms with Crippen LogP contribution in [0.4, 0.5) is 5.82 Å². The zero-order valence-corrected chi connectivity index (χ0v) is 11.8. The first kappa shape index (κ1) is 14.0. The Morgan fingerprint density at radius 1 is 1.45 bits per heavy atom. The number of rotatable bonds is 5.